The molecule has 0 aliphatic heterocycles. The van der Waals surface area contributed by atoms with E-state index in [-0.39, 0.29) is 17.4 Å². The highest BCUT2D eigenvalue weighted by Crippen LogP contribution is 2.16. The van der Waals surface area contributed by atoms with E-state index in [9.17, 15) is 8.42 Å². The second-order valence-corrected chi connectivity index (χ2v) is 6.18. The average molecular weight is 317 g/mol. The first-order chi connectivity index (χ1) is 7.99. The molecule has 0 saturated heterocycles. The number of rotatable bonds is 5. The Morgan fingerprint density at radius 1 is 1.53 bits per heavy atom. The second-order valence-electron chi connectivity index (χ2n) is 3.55. The molecule has 0 bridgehead atoms. The van der Waals surface area contributed by atoms with E-state index in [4.69, 9.17) is 5.26 Å². The molecule has 0 heterocycles. The summed E-state index contributed by atoms with van der Waals surface area (Å²) >= 11 is 3.22. The Balaban J connectivity index is 2.93. The maximum absolute atomic E-state index is 12.0. The zero-order valence-electron chi connectivity index (χ0n) is 9.35. The minimum absolute atomic E-state index is 0.170. The van der Waals surface area contributed by atoms with Crippen LogP contribution in [0.15, 0.2) is 33.6 Å². The fourth-order valence-electron chi connectivity index (χ4n) is 1.30. The number of hydrogen-bond donors (Lipinski definition) is 1. The molecule has 1 unspecified atom stereocenters. The van der Waals surface area contributed by atoms with E-state index in [0.717, 1.165) is 0 Å². The predicted octanol–water partition coefficient (Wildman–Crippen LogP) is 2.42. The molecule has 0 amide bonds. The van der Waals surface area contributed by atoms with Gasteiger partial charge in [0.1, 0.15) is 0 Å². The molecule has 0 aliphatic carbocycles. The number of hydrogen-bond acceptors (Lipinski definition) is 3. The van der Waals surface area contributed by atoms with Crippen LogP contribution in [0, 0.1) is 11.3 Å². The standard InChI is InChI=1S/C11H13BrN2O2S/c1-2-10(6-7-13)14-17(15,16)11-5-3-4-9(12)8-11/h3-5,8,10,14H,2,6H2,1H3. The van der Waals surface area contributed by atoms with Crippen molar-refractivity contribution in [2.45, 2.75) is 30.7 Å². The summed E-state index contributed by atoms with van der Waals surface area (Å²) in [6, 6.07) is 8.09. The minimum atomic E-state index is -3.55. The van der Waals surface area contributed by atoms with Crippen LogP contribution in [0.5, 0.6) is 0 Å². The van der Waals surface area contributed by atoms with Crippen LogP contribution in [0.4, 0.5) is 0 Å². The molecule has 6 heteroatoms. The zero-order valence-corrected chi connectivity index (χ0v) is 11.8. The normalized spacial score (nSPS) is 13.0. The average Bonchev–Trinajstić information content (AvgIpc) is 2.28. The number of nitrogens with zero attached hydrogens (tertiary/aromatic N) is 1. The van der Waals surface area contributed by atoms with Crippen molar-refractivity contribution in [1.29, 1.82) is 5.26 Å². The Morgan fingerprint density at radius 3 is 2.76 bits per heavy atom. The third kappa shape index (κ3) is 4.11. The van der Waals surface area contributed by atoms with E-state index in [1.54, 1.807) is 12.1 Å². The van der Waals surface area contributed by atoms with Crippen LogP contribution >= 0.6 is 15.9 Å². The van der Waals surface area contributed by atoms with Crippen LogP contribution in [0.3, 0.4) is 0 Å². The SMILES string of the molecule is CCC(CC#N)NS(=O)(=O)c1cccc(Br)c1. The topological polar surface area (TPSA) is 70.0 Å². The van der Waals surface area contributed by atoms with Gasteiger partial charge in [-0.25, -0.2) is 13.1 Å². The molecule has 1 aromatic rings. The van der Waals surface area contributed by atoms with Gasteiger partial charge in [-0.05, 0) is 24.6 Å². The lowest BCUT2D eigenvalue weighted by Crippen LogP contribution is -2.34. The monoisotopic (exact) mass is 316 g/mol. The molecule has 1 rings (SSSR count). The van der Waals surface area contributed by atoms with Crippen molar-refractivity contribution in [3.05, 3.63) is 28.7 Å². The number of sulfonamides is 1. The summed E-state index contributed by atoms with van der Waals surface area (Å²) in [4.78, 5) is 0.197. The van der Waals surface area contributed by atoms with Gasteiger partial charge in [0.2, 0.25) is 10.0 Å². The van der Waals surface area contributed by atoms with Gasteiger partial charge in [-0.1, -0.05) is 28.9 Å². The Labute approximate surface area is 110 Å². The van der Waals surface area contributed by atoms with Crippen LogP contribution in [-0.4, -0.2) is 14.5 Å². The molecule has 0 radical (unpaired) electrons. The number of nitrogens with one attached hydrogen (secondary N) is 1. The van der Waals surface area contributed by atoms with E-state index >= 15 is 0 Å². The van der Waals surface area contributed by atoms with Gasteiger partial charge in [0.05, 0.1) is 17.4 Å². The maximum Gasteiger partial charge on any atom is 0.240 e. The van der Waals surface area contributed by atoms with Gasteiger partial charge in [0.15, 0.2) is 0 Å². The Kier molecular flexibility index (Phi) is 5.12. The third-order valence-electron chi connectivity index (χ3n) is 2.26. The molecule has 4 nitrogen and oxygen atoms in total. The molecule has 1 N–H and O–H groups in total. The largest absolute Gasteiger partial charge is 0.240 e. The summed E-state index contributed by atoms with van der Waals surface area (Å²) < 4.78 is 27.2. The maximum atomic E-state index is 12.0. The molecule has 0 saturated carbocycles. The van der Waals surface area contributed by atoms with E-state index < -0.39 is 10.0 Å². The molecule has 1 atom stereocenters. The van der Waals surface area contributed by atoms with Gasteiger partial charge in [-0.2, -0.15) is 5.26 Å². The van der Waals surface area contributed by atoms with Gasteiger partial charge in [0, 0.05) is 10.5 Å². The summed E-state index contributed by atoms with van der Waals surface area (Å²) in [5, 5.41) is 8.59. The number of benzene rings is 1. The lowest BCUT2D eigenvalue weighted by atomic mass is 10.2. The highest BCUT2D eigenvalue weighted by molar-refractivity contribution is 9.10. The highest BCUT2D eigenvalue weighted by atomic mass is 79.9. The van der Waals surface area contributed by atoms with E-state index in [1.165, 1.54) is 12.1 Å². The van der Waals surface area contributed by atoms with Crippen molar-refractivity contribution >= 4 is 26.0 Å². The third-order valence-corrected chi connectivity index (χ3v) is 4.27. The van der Waals surface area contributed by atoms with Crippen LogP contribution in [0.1, 0.15) is 19.8 Å². The van der Waals surface area contributed by atoms with Gasteiger partial charge >= 0.3 is 0 Å². The van der Waals surface area contributed by atoms with Gasteiger partial charge < -0.3 is 0 Å². The van der Waals surface area contributed by atoms with E-state index in [0.29, 0.717) is 10.9 Å². The molecule has 0 spiro atoms. The van der Waals surface area contributed by atoms with Crippen LogP contribution < -0.4 is 4.72 Å². The van der Waals surface area contributed by atoms with Crippen LogP contribution in [0.25, 0.3) is 0 Å². The van der Waals surface area contributed by atoms with Crippen molar-refractivity contribution in [2.24, 2.45) is 0 Å². The van der Waals surface area contributed by atoms with E-state index in [2.05, 4.69) is 20.7 Å². The summed E-state index contributed by atoms with van der Waals surface area (Å²) in [6.45, 7) is 1.84. The number of halogens is 1. The van der Waals surface area contributed by atoms with Crippen molar-refractivity contribution in [1.82, 2.24) is 4.72 Å². The number of nitriles is 1. The summed E-state index contributed by atoms with van der Waals surface area (Å²) in [6.07, 6.45) is 0.754. The quantitative estimate of drug-likeness (QED) is 0.906. The molecule has 0 aliphatic rings. The molecule has 0 fully saturated rings. The van der Waals surface area contributed by atoms with Gasteiger partial charge in [-0.3, -0.25) is 0 Å². The molecule has 1 aromatic carbocycles. The van der Waals surface area contributed by atoms with Gasteiger partial charge in [-0.15, -0.1) is 0 Å². The smallest absolute Gasteiger partial charge is 0.207 e. The van der Waals surface area contributed by atoms with Crippen molar-refractivity contribution in [2.75, 3.05) is 0 Å². The van der Waals surface area contributed by atoms with Crippen LogP contribution in [0.2, 0.25) is 0 Å². The Hall–Kier alpha value is -0.900. The fourth-order valence-corrected chi connectivity index (χ4v) is 3.22. The molecular formula is C11H13BrN2O2S. The molecular weight excluding hydrogens is 304 g/mol. The summed E-state index contributed by atoms with van der Waals surface area (Å²) in [5.74, 6) is 0. The van der Waals surface area contributed by atoms with Crippen molar-refractivity contribution in [3.8, 4) is 6.07 Å². The van der Waals surface area contributed by atoms with Crippen LogP contribution in [-0.2, 0) is 10.0 Å². The summed E-state index contributed by atoms with van der Waals surface area (Å²) in [7, 11) is -3.55. The lowest BCUT2D eigenvalue weighted by Gasteiger charge is -2.14. The summed E-state index contributed by atoms with van der Waals surface area (Å²) in [5.41, 5.74) is 0. The molecule has 0 aromatic heterocycles. The highest BCUT2D eigenvalue weighted by Gasteiger charge is 2.18. The Morgan fingerprint density at radius 2 is 2.24 bits per heavy atom. The van der Waals surface area contributed by atoms with Crippen molar-refractivity contribution < 1.29 is 8.42 Å². The fraction of sp³-hybridized carbons (Fsp3) is 0.364. The lowest BCUT2D eigenvalue weighted by molar-refractivity contribution is 0.543. The van der Waals surface area contributed by atoms with Crippen molar-refractivity contribution in [3.63, 3.8) is 0 Å². The Bertz CT molecular complexity index is 523. The second kappa shape index (κ2) is 6.15. The van der Waals surface area contributed by atoms with E-state index in [1.807, 2.05) is 13.0 Å². The zero-order chi connectivity index (χ0) is 12.9. The predicted molar refractivity (Wildman–Crippen MR) is 68.8 cm³/mol. The molecule has 92 valence electrons. The first kappa shape index (κ1) is 14.2. The first-order valence-electron chi connectivity index (χ1n) is 5.14. The first-order valence-corrected chi connectivity index (χ1v) is 7.42. The minimum Gasteiger partial charge on any atom is -0.207 e. The van der Waals surface area contributed by atoms with Gasteiger partial charge in [0.25, 0.3) is 0 Å². The molecule has 17 heavy (non-hydrogen) atoms.